The number of carbonyl (C=O) groups is 2. The topological polar surface area (TPSA) is 120 Å². The molecule has 4 aromatic rings. The molecule has 7 rings (SSSR count). The molecule has 1 fully saturated rings. The predicted molar refractivity (Wildman–Crippen MR) is 160 cm³/mol. The average Bonchev–Trinajstić information content (AvgIpc) is 3.73. The number of benzene rings is 3. The molecule has 17 heteroatoms. The average molecular weight is 705 g/mol. The van der Waals surface area contributed by atoms with Gasteiger partial charge in [0.2, 0.25) is 10.0 Å². The number of alkyl halides is 5. The summed E-state index contributed by atoms with van der Waals surface area (Å²) in [5, 5.41) is 3.93. The summed E-state index contributed by atoms with van der Waals surface area (Å²) in [6.45, 7) is 0. The number of hydrogen-bond acceptors (Lipinski definition) is 8. The zero-order valence-electron chi connectivity index (χ0n) is 25.6. The first-order chi connectivity index (χ1) is 23.1. The fraction of sp³-hybridized carbons (Fsp3) is 0.281. The number of sulfonamides is 1. The van der Waals surface area contributed by atoms with Gasteiger partial charge in [0.05, 0.1) is 35.0 Å². The van der Waals surface area contributed by atoms with Crippen LogP contribution in [0.5, 0.6) is 11.5 Å². The lowest BCUT2D eigenvalue weighted by molar-refractivity contribution is -0.286. The Kier molecular flexibility index (Phi) is 7.47. The second-order valence-electron chi connectivity index (χ2n) is 11.6. The number of aromatic nitrogens is 2. The number of halogens is 5. The van der Waals surface area contributed by atoms with Crippen LogP contribution in [0, 0.1) is 0 Å². The van der Waals surface area contributed by atoms with Gasteiger partial charge in [-0.15, -0.1) is 8.78 Å². The van der Waals surface area contributed by atoms with Gasteiger partial charge in [-0.3, -0.25) is 4.79 Å². The highest BCUT2D eigenvalue weighted by Gasteiger charge is 2.53. The second kappa shape index (κ2) is 11.3. The number of esters is 1. The van der Waals surface area contributed by atoms with E-state index in [2.05, 4.69) is 19.3 Å². The maximum atomic E-state index is 14.6. The van der Waals surface area contributed by atoms with Crippen LogP contribution in [0.1, 0.15) is 56.6 Å². The van der Waals surface area contributed by atoms with Gasteiger partial charge in [0, 0.05) is 42.4 Å². The lowest BCUT2D eigenvalue weighted by Gasteiger charge is -2.34. The van der Waals surface area contributed by atoms with Crippen molar-refractivity contribution in [1.82, 2.24) is 14.1 Å². The minimum absolute atomic E-state index is 0.0548. The molecule has 49 heavy (non-hydrogen) atoms. The molecule has 256 valence electrons. The molecule has 11 nitrogen and oxygen atoms in total. The first-order valence-electron chi connectivity index (χ1n) is 14.8. The molecule has 4 heterocycles. The van der Waals surface area contributed by atoms with E-state index in [9.17, 15) is 40.0 Å². The van der Waals surface area contributed by atoms with Gasteiger partial charge in [-0.2, -0.15) is 22.6 Å². The van der Waals surface area contributed by atoms with E-state index in [1.165, 1.54) is 80.9 Å². The molecule has 2 unspecified atom stereocenters. The van der Waals surface area contributed by atoms with Crippen molar-refractivity contribution in [2.75, 3.05) is 19.1 Å². The van der Waals surface area contributed by atoms with E-state index in [1.807, 2.05) is 0 Å². The number of hydrogen-bond donors (Lipinski definition) is 0. The third kappa shape index (κ3) is 5.46. The number of fused-ring (bicyclic) bond motifs is 5. The molecule has 0 N–H and O–H groups in total. The van der Waals surface area contributed by atoms with Gasteiger partial charge in [0.1, 0.15) is 0 Å². The molecule has 1 amide bonds. The van der Waals surface area contributed by atoms with Crippen LogP contribution in [0.2, 0.25) is 0 Å². The van der Waals surface area contributed by atoms with Crippen molar-refractivity contribution in [2.24, 2.45) is 0 Å². The first-order valence-corrected chi connectivity index (χ1v) is 16.2. The minimum Gasteiger partial charge on any atom is -0.465 e. The van der Waals surface area contributed by atoms with Gasteiger partial charge in [-0.1, -0.05) is 6.07 Å². The minimum atomic E-state index is -4.94. The lowest BCUT2D eigenvalue weighted by atomic mass is 9.99. The summed E-state index contributed by atoms with van der Waals surface area (Å²) in [6.07, 6.45) is -8.47. The molecule has 3 aliphatic heterocycles. The maximum Gasteiger partial charge on any atom is 0.586 e. The van der Waals surface area contributed by atoms with E-state index in [4.69, 9.17) is 0 Å². The fourth-order valence-electron chi connectivity index (χ4n) is 6.57. The summed E-state index contributed by atoms with van der Waals surface area (Å²) < 4.78 is 114. The Hall–Kier alpha value is -5.03. The molecule has 2 atom stereocenters. The van der Waals surface area contributed by atoms with Crippen LogP contribution >= 0.6 is 0 Å². The zero-order chi connectivity index (χ0) is 35.0. The molecule has 2 bridgehead atoms. The highest BCUT2D eigenvalue weighted by atomic mass is 32.2. The van der Waals surface area contributed by atoms with E-state index in [1.54, 1.807) is 0 Å². The third-order valence-corrected chi connectivity index (χ3v) is 10.7. The summed E-state index contributed by atoms with van der Waals surface area (Å²) in [4.78, 5) is 26.3. The van der Waals surface area contributed by atoms with Crippen LogP contribution in [0.25, 0.3) is 5.69 Å². The first kappa shape index (κ1) is 32.5. The molecule has 1 aromatic heterocycles. The van der Waals surface area contributed by atoms with Crippen LogP contribution in [0.15, 0.2) is 71.6 Å². The molecule has 0 radical (unpaired) electrons. The quantitative estimate of drug-likeness (QED) is 0.185. The molecule has 0 spiro atoms. The van der Waals surface area contributed by atoms with Crippen molar-refractivity contribution < 1.29 is 54.2 Å². The van der Waals surface area contributed by atoms with Crippen molar-refractivity contribution in [3.63, 3.8) is 0 Å². The number of nitrogens with zero attached hydrogens (tertiary/aromatic N) is 4. The monoisotopic (exact) mass is 704 g/mol. The van der Waals surface area contributed by atoms with Crippen molar-refractivity contribution in [2.45, 2.75) is 48.7 Å². The Bertz CT molecular complexity index is 2120. The van der Waals surface area contributed by atoms with Gasteiger partial charge in [-0.25, -0.2) is 17.9 Å². The molecule has 0 saturated carbocycles. The van der Waals surface area contributed by atoms with Crippen LogP contribution in [0.4, 0.5) is 27.6 Å². The molecular formula is C32H25F5N4O7S. The van der Waals surface area contributed by atoms with Crippen LogP contribution in [-0.2, 0) is 27.4 Å². The third-order valence-electron chi connectivity index (χ3n) is 8.76. The van der Waals surface area contributed by atoms with Crippen LogP contribution in [0.3, 0.4) is 0 Å². The van der Waals surface area contributed by atoms with Crippen LogP contribution < -0.4 is 14.4 Å². The summed E-state index contributed by atoms with van der Waals surface area (Å²) in [7, 11) is -1.74. The molecular weight excluding hydrogens is 679 g/mol. The standard InChI is InChI=1S/C32H25F5N4O7S/c1-39(19-9-13-25-26(16-19)48-32(36,37)47-25)29(42)18-4-3-5-20(14-18)40-24-15-21-8-12-23(27(24)28(38-40)31(33,34)35)41(21)49(44,45)22-10-6-17(7-11-22)30(43)46-2/h3-7,9-11,13-14,16,21,23H,8,12,15H2,1-2H3. The Balaban J connectivity index is 1.23. The number of ether oxygens (including phenoxy) is 3. The van der Waals surface area contributed by atoms with E-state index in [0.717, 1.165) is 13.9 Å². The molecule has 3 aromatic carbocycles. The van der Waals surface area contributed by atoms with Gasteiger partial charge >= 0.3 is 18.4 Å². The SMILES string of the molecule is COC(=O)c1ccc(S(=O)(=O)N2C3CCC2c2c(C(F)(F)F)nn(-c4cccc(C(=O)N(C)c5ccc6c(c5)OC(F)(F)O6)c4)c2C3)cc1. The van der Waals surface area contributed by atoms with Gasteiger partial charge in [-0.05, 0) is 67.4 Å². The van der Waals surface area contributed by atoms with Crippen LogP contribution in [-0.4, -0.2) is 60.9 Å². The Morgan fingerprint density at radius 1 is 0.980 bits per heavy atom. The number of rotatable bonds is 6. The Labute approximate surface area is 275 Å². The summed E-state index contributed by atoms with van der Waals surface area (Å²) in [6, 6.07) is 12.6. The second-order valence-corrected chi connectivity index (χ2v) is 13.5. The van der Waals surface area contributed by atoms with Crippen molar-refractivity contribution in [3.8, 4) is 17.2 Å². The number of methoxy groups -OCH3 is 1. The molecule has 1 saturated heterocycles. The normalized spacial score (nSPS) is 19.4. The Morgan fingerprint density at radius 3 is 2.39 bits per heavy atom. The summed E-state index contributed by atoms with van der Waals surface area (Å²) in [5.41, 5.74) is -0.851. The zero-order valence-corrected chi connectivity index (χ0v) is 26.4. The lowest BCUT2D eigenvalue weighted by Crippen LogP contribution is -2.42. The van der Waals surface area contributed by atoms with Gasteiger partial charge in [0.25, 0.3) is 5.91 Å². The van der Waals surface area contributed by atoms with Crippen molar-refractivity contribution >= 4 is 27.6 Å². The highest BCUT2D eigenvalue weighted by Crippen LogP contribution is 2.51. The summed E-state index contributed by atoms with van der Waals surface area (Å²) in [5.74, 6) is -1.77. The van der Waals surface area contributed by atoms with E-state index in [0.29, 0.717) is 6.42 Å². The van der Waals surface area contributed by atoms with Gasteiger partial charge < -0.3 is 19.1 Å². The highest BCUT2D eigenvalue weighted by molar-refractivity contribution is 7.89. The molecule has 0 aliphatic carbocycles. The van der Waals surface area contributed by atoms with Gasteiger partial charge in [0.15, 0.2) is 17.2 Å². The van der Waals surface area contributed by atoms with Crippen molar-refractivity contribution in [3.05, 3.63) is 94.8 Å². The van der Waals surface area contributed by atoms with E-state index >= 15 is 0 Å². The number of carbonyl (C=O) groups excluding carboxylic acids is 2. The number of anilines is 1. The summed E-state index contributed by atoms with van der Waals surface area (Å²) >= 11 is 0. The predicted octanol–water partition coefficient (Wildman–Crippen LogP) is 5.73. The number of amides is 1. The maximum absolute atomic E-state index is 14.6. The fourth-order valence-corrected chi connectivity index (χ4v) is 8.42. The van der Waals surface area contributed by atoms with E-state index < -0.39 is 52.1 Å². The van der Waals surface area contributed by atoms with E-state index in [-0.39, 0.29) is 63.0 Å². The molecule has 3 aliphatic rings. The largest absolute Gasteiger partial charge is 0.586 e. The smallest absolute Gasteiger partial charge is 0.465 e. The van der Waals surface area contributed by atoms with Crippen molar-refractivity contribution in [1.29, 1.82) is 0 Å². The Morgan fingerprint density at radius 2 is 1.69 bits per heavy atom.